The molecule has 0 saturated heterocycles. The monoisotopic (exact) mass is 422 g/mol. The fourth-order valence-corrected chi connectivity index (χ4v) is 4.23. The maximum atomic E-state index is 12.5. The van der Waals surface area contributed by atoms with Gasteiger partial charge in [-0.15, -0.1) is 0 Å². The van der Waals surface area contributed by atoms with E-state index in [9.17, 15) is 13.2 Å². The third kappa shape index (κ3) is 4.97. The van der Waals surface area contributed by atoms with Crippen LogP contribution in [0.5, 0.6) is 5.75 Å². The van der Waals surface area contributed by atoms with Crippen molar-refractivity contribution in [1.82, 2.24) is 5.32 Å². The van der Waals surface area contributed by atoms with Gasteiger partial charge in [-0.05, 0) is 43.5 Å². The summed E-state index contributed by atoms with van der Waals surface area (Å²) in [4.78, 5) is 12.5. The predicted octanol–water partition coefficient (Wildman–Crippen LogP) is 2.92. The van der Waals surface area contributed by atoms with Crippen LogP contribution in [0.1, 0.15) is 17.5 Å². The minimum absolute atomic E-state index is 0.0874. The van der Waals surface area contributed by atoms with E-state index < -0.39 is 16.1 Å². The molecule has 1 amide bonds. The molecule has 1 heterocycles. The van der Waals surface area contributed by atoms with Gasteiger partial charge in [0.1, 0.15) is 5.75 Å². The number of ether oxygens (including phenoxy) is 1. The van der Waals surface area contributed by atoms with Gasteiger partial charge in [0.25, 0.3) is 5.91 Å². The normalized spacial score (nSPS) is 16.2. The second kappa shape index (κ2) is 8.41. The Morgan fingerprint density at radius 1 is 1.29 bits per heavy atom. The first kappa shape index (κ1) is 20.5. The van der Waals surface area contributed by atoms with Gasteiger partial charge in [0.15, 0.2) is 6.10 Å². The quantitative estimate of drug-likeness (QED) is 0.726. The zero-order valence-corrected chi connectivity index (χ0v) is 17.4. The molecule has 0 bridgehead atoms. The van der Waals surface area contributed by atoms with Gasteiger partial charge >= 0.3 is 0 Å². The predicted molar refractivity (Wildman–Crippen MR) is 111 cm³/mol. The number of fused-ring (bicyclic) bond motifs is 1. The highest BCUT2D eigenvalue weighted by Crippen LogP contribution is 2.37. The summed E-state index contributed by atoms with van der Waals surface area (Å²) in [7, 11) is -3.57. The molecule has 2 aromatic carbocycles. The number of rotatable bonds is 6. The number of sulfonamides is 1. The first-order valence-electron chi connectivity index (χ1n) is 9.01. The third-order valence-electron chi connectivity index (χ3n) is 4.51. The van der Waals surface area contributed by atoms with Crippen LogP contribution in [0.15, 0.2) is 42.5 Å². The Labute approximate surface area is 170 Å². The molecular formula is C20H23ClN2O4S. The van der Waals surface area contributed by atoms with Crippen molar-refractivity contribution in [2.75, 3.05) is 23.7 Å². The fourth-order valence-electron chi connectivity index (χ4n) is 3.16. The minimum Gasteiger partial charge on any atom is -0.476 e. The number of hydrogen-bond acceptors (Lipinski definition) is 4. The van der Waals surface area contributed by atoms with E-state index in [0.29, 0.717) is 23.0 Å². The standard InChI is InChI=1S/C20H23ClN2O4S/c1-14-5-3-6-15(11-14)7-4-10-22-20(24)19-13-23(28(2,25)26)17-12-16(21)8-9-18(17)27-19/h3,5-6,8-9,11-12,19H,4,7,10,13H2,1-2H3,(H,22,24)/t19-/m0/s1. The average molecular weight is 423 g/mol. The van der Waals surface area contributed by atoms with Gasteiger partial charge in [-0.3, -0.25) is 9.10 Å². The summed E-state index contributed by atoms with van der Waals surface area (Å²) < 4.78 is 31.2. The molecule has 1 aliphatic heterocycles. The number of carbonyl (C=O) groups is 1. The van der Waals surface area contributed by atoms with Crippen molar-refractivity contribution in [1.29, 1.82) is 0 Å². The molecule has 2 aromatic rings. The van der Waals surface area contributed by atoms with Crippen LogP contribution in [-0.2, 0) is 21.2 Å². The maximum absolute atomic E-state index is 12.5. The topological polar surface area (TPSA) is 75.7 Å². The maximum Gasteiger partial charge on any atom is 0.263 e. The Hall–Kier alpha value is -2.25. The molecule has 0 unspecified atom stereocenters. The molecule has 1 aliphatic rings. The van der Waals surface area contributed by atoms with Crippen molar-refractivity contribution in [3.8, 4) is 5.75 Å². The highest BCUT2D eigenvalue weighted by Gasteiger charge is 2.35. The largest absolute Gasteiger partial charge is 0.476 e. The lowest BCUT2D eigenvalue weighted by Gasteiger charge is -2.34. The average Bonchev–Trinajstić information content (AvgIpc) is 2.63. The highest BCUT2D eigenvalue weighted by molar-refractivity contribution is 7.92. The molecule has 0 fully saturated rings. The Morgan fingerprint density at radius 3 is 2.79 bits per heavy atom. The fraction of sp³-hybridized carbons (Fsp3) is 0.350. The van der Waals surface area contributed by atoms with E-state index in [1.165, 1.54) is 17.2 Å². The number of anilines is 1. The molecule has 0 radical (unpaired) electrons. The summed E-state index contributed by atoms with van der Waals surface area (Å²) in [5.41, 5.74) is 2.77. The lowest BCUT2D eigenvalue weighted by atomic mass is 10.1. The van der Waals surface area contributed by atoms with Gasteiger partial charge in [-0.25, -0.2) is 8.42 Å². The number of amides is 1. The molecule has 0 spiro atoms. The van der Waals surface area contributed by atoms with Crippen LogP contribution < -0.4 is 14.4 Å². The summed E-state index contributed by atoms with van der Waals surface area (Å²) in [6, 6.07) is 12.9. The molecule has 28 heavy (non-hydrogen) atoms. The smallest absolute Gasteiger partial charge is 0.263 e. The Morgan fingerprint density at radius 2 is 2.07 bits per heavy atom. The third-order valence-corrected chi connectivity index (χ3v) is 5.89. The first-order chi connectivity index (χ1) is 13.2. The zero-order valence-electron chi connectivity index (χ0n) is 15.8. The number of nitrogens with zero attached hydrogens (tertiary/aromatic N) is 1. The molecule has 150 valence electrons. The van der Waals surface area contributed by atoms with Crippen molar-refractivity contribution in [3.05, 3.63) is 58.6 Å². The minimum atomic E-state index is -3.57. The number of carbonyl (C=O) groups excluding carboxylic acids is 1. The number of aryl methyl sites for hydroxylation is 2. The van der Waals surface area contributed by atoms with Gasteiger partial charge in [0, 0.05) is 11.6 Å². The van der Waals surface area contributed by atoms with Crippen molar-refractivity contribution >= 4 is 33.2 Å². The molecule has 6 nitrogen and oxygen atoms in total. The summed E-state index contributed by atoms with van der Waals surface area (Å²) in [5.74, 6) is -0.0144. The van der Waals surface area contributed by atoms with E-state index in [1.54, 1.807) is 12.1 Å². The van der Waals surface area contributed by atoms with Crippen molar-refractivity contribution in [2.24, 2.45) is 0 Å². The van der Waals surface area contributed by atoms with Crippen LogP contribution in [-0.4, -0.2) is 39.8 Å². The number of benzene rings is 2. The number of nitrogens with one attached hydrogen (secondary N) is 1. The molecule has 1 N–H and O–H groups in total. The van der Waals surface area contributed by atoms with Gasteiger partial charge in [0.2, 0.25) is 10.0 Å². The van der Waals surface area contributed by atoms with Crippen LogP contribution in [0.2, 0.25) is 5.02 Å². The number of hydrogen-bond donors (Lipinski definition) is 1. The molecule has 0 aliphatic carbocycles. The lowest BCUT2D eigenvalue weighted by Crippen LogP contribution is -2.50. The summed E-state index contributed by atoms with van der Waals surface area (Å²) in [5, 5.41) is 3.24. The highest BCUT2D eigenvalue weighted by atomic mass is 35.5. The van der Waals surface area contributed by atoms with Crippen molar-refractivity contribution in [3.63, 3.8) is 0 Å². The van der Waals surface area contributed by atoms with Crippen LogP contribution >= 0.6 is 11.6 Å². The van der Waals surface area contributed by atoms with Crippen LogP contribution in [0.4, 0.5) is 5.69 Å². The molecule has 8 heteroatoms. The summed E-state index contributed by atoms with van der Waals surface area (Å²) in [6.07, 6.45) is 1.82. The van der Waals surface area contributed by atoms with Gasteiger partial charge in [0.05, 0.1) is 18.5 Å². The van der Waals surface area contributed by atoms with Crippen LogP contribution in [0.25, 0.3) is 0 Å². The Kier molecular flexibility index (Phi) is 6.15. The van der Waals surface area contributed by atoms with Gasteiger partial charge < -0.3 is 10.1 Å². The van der Waals surface area contributed by atoms with E-state index in [4.69, 9.17) is 16.3 Å². The molecule has 1 atom stereocenters. The summed E-state index contributed by atoms with van der Waals surface area (Å²) in [6.45, 7) is 2.44. The zero-order chi connectivity index (χ0) is 20.3. The lowest BCUT2D eigenvalue weighted by molar-refractivity contribution is -0.127. The summed E-state index contributed by atoms with van der Waals surface area (Å²) >= 11 is 5.98. The second-order valence-corrected chi connectivity index (χ2v) is 9.24. The molecule has 0 aromatic heterocycles. The van der Waals surface area contributed by atoms with Gasteiger partial charge in [-0.1, -0.05) is 41.4 Å². The molecule has 3 rings (SSSR count). The van der Waals surface area contributed by atoms with E-state index in [-0.39, 0.29) is 12.5 Å². The van der Waals surface area contributed by atoms with Crippen molar-refractivity contribution in [2.45, 2.75) is 25.9 Å². The SMILES string of the molecule is Cc1cccc(CCCNC(=O)[C@@H]2CN(S(C)(=O)=O)c3cc(Cl)ccc3O2)c1. The van der Waals surface area contributed by atoms with E-state index in [0.717, 1.165) is 23.4 Å². The van der Waals surface area contributed by atoms with E-state index in [2.05, 4.69) is 17.4 Å². The second-order valence-electron chi connectivity index (χ2n) is 6.90. The number of halogens is 1. The van der Waals surface area contributed by atoms with E-state index in [1.807, 2.05) is 19.1 Å². The Bertz CT molecular complexity index is 978. The van der Waals surface area contributed by atoms with Gasteiger partial charge in [-0.2, -0.15) is 0 Å². The van der Waals surface area contributed by atoms with Crippen molar-refractivity contribution < 1.29 is 17.9 Å². The van der Waals surface area contributed by atoms with Crippen LogP contribution in [0.3, 0.4) is 0 Å². The van der Waals surface area contributed by atoms with E-state index >= 15 is 0 Å². The Balaban J connectivity index is 1.62. The first-order valence-corrected chi connectivity index (χ1v) is 11.2. The van der Waals surface area contributed by atoms with Crippen LogP contribution in [0, 0.1) is 6.92 Å². The molecule has 0 saturated carbocycles. The molecular weight excluding hydrogens is 400 g/mol.